The Bertz CT molecular complexity index is 271. The zero-order valence-electron chi connectivity index (χ0n) is 9.33. The van der Waals surface area contributed by atoms with E-state index in [1.165, 1.54) is 31.2 Å². The van der Waals surface area contributed by atoms with Gasteiger partial charge < -0.3 is 10.3 Å². The van der Waals surface area contributed by atoms with E-state index in [0.29, 0.717) is 6.04 Å². The summed E-state index contributed by atoms with van der Waals surface area (Å²) in [6.45, 7) is 1.01. The highest BCUT2D eigenvalue weighted by atomic mass is 32.2. The van der Waals surface area contributed by atoms with Crippen LogP contribution in [0, 0.1) is 0 Å². The van der Waals surface area contributed by atoms with E-state index in [1.807, 2.05) is 18.0 Å². The van der Waals surface area contributed by atoms with Gasteiger partial charge in [-0.1, -0.05) is 12.8 Å². The van der Waals surface area contributed by atoms with E-state index in [2.05, 4.69) is 28.8 Å². The van der Waals surface area contributed by atoms with Crippen LogP contribution in [0.2, 0.25) is 0 Å². The van der Waals surface area contributed by atoms with Crippen molar-refractivity contribution >= 4 is 11.8 Å². The molecule has 0 bridgehead atoms. The van der Waals surface area contributed by atoms with Crippen LogP contribution >= 0.6 is 11.8 Å². The van der Waals surface area contributed by atoms with Crippen LogP contribution in [0.5, 0.6) is 0 Å². The molecule has 1 saturated carbocycles. The molecule has 2 N–H and O–H groups in total. The topological polar surface area (TPSA) is 27.8 Å². The maximum absolute atomic E-state index is 3.68. The Morgan fingerprint density at radius 3 is 3.07 bits per heavy atom. The van der Waals surface area contributed by atoms with Gasteiger partial charge in [-0.05, 0) is 30.7 Å². The molecule has 2 rings (SSSR count). The van der Waals surface area contributed by atoms with Crippen LogP contribution in [-0.4, -0.2) is 22.5 Å². The summed E-state index contributed by atoms with van der Waals surface area (Å²) in [4.78, 5) is 3.10. The second-order valence-corrected chi connectivity index (χ2v) is 5.34. The number of aromatic amines is 1. The van der Waals surface area contributed by atoms with Gasteiger partial charge in [0.15, 0.2) is 0 Å². The molecule has 1 aliphatic carbocycles. The van der Waals surface area contributed by atoms with E-state index in [1.54, 1.807) is 0 Å². The molecule has 1 aromatic heterocycles. The van der Waals surface area contributed by atoms with Gasteiger partial charge in [0.2, 0.25) is 0 Å². The highest BCUT2D eigenvalue weighted by Gasteiger charge is 2.23. The molecule has 3 heteroatoms. The molecule has 1 fully saturated rings. The van der Waals surface area contributed by atoms with Gasteiger partial charge in [-0.25, -0.2) is 0 Å². The number of hydrogen-bond donors (Lipinski definition) is 2. The van der Waals surface area contributed by atoms with E-state index in [9.17, 15) is 0 Å². The Labute approximate surface area is 96.2 Å². The lowest BCUT2D eigenvalue weighted by Gasteiger charge is -2.31. The fraction of sp³-hybridized carbons (Fsp3) is 0.667. The molecule has 0 spiro atoms. The van der Waals surface area contributed by atoms with Gasteiger partial charge in [0.1, 0.15) is 0 Å². The van der Waals surface area contributed by atoms with Gasteiger partial charge in [0.05, 0.1) is 0 Å². The van der Waals surface area contributed by atoms with Gasteiger partial charge >= 0.3 is 0 Å². The Morgan fingerprint density at radius 1 is 1.47 bits per heavy atom. The van der Waals surface area contributed by atoms with Crippen molar-refractivity contribution in [2.75, 3.05) is 6.26 Å². The van der Waals surface area contributed by atoms with Crippen molar-refractivity contribution in [1.82, 2.24) is 10.3 Å². The lowest BCUT2D eigenvalue weighted by atomic mass is 9.95. The smallest absolute Gasteiger partial charge is 0.0223 e. The Kier molecular flexibility index (Phi) is 4.15. The lowest BCUT2D eigenvalue weighted by Crippen LogP contribution is -2.39. The number of aromatic nitrogens is 1. The Balaban J connectivity index is 1.81. The number of rotatable bonds is 4. The van der Waals surface area contributed by atoms with Crippen molar-refractivity contribution in [3.8, 4) is 0 Å². The second kappa shape index (κ2) is 5.61. The molecule has 2 unspecified atom stereocenters. The minimum Gasteiger partial charge on any atom is -0.367 e. The first-order valence-corrected chi connectivity index (χ1v) is 7.07. The lowest BCUT2D eigenvalue weighted by molar-refractivity contribution is 0.383. The molecule has 1 aromatic rings. The van der Waals surface area contributed by atoms with Crippen LogP contribution in [0.3, 0.4) is 0 Å². The van der Waals surface area contributed by atoms with Crippen molar-refractivity contribution in [2.24, 2.45) is 0 Å². The van der Waals surface area contributed by atoms with Gasteiger partial charge in [-0.15, -0.1) is 0 Å². The summed E-state index contributed by atoms with van der Waals surface area (Å²) in [5, 5.41) is 4.50. The first-order valence-electron chi connectivity index (χ1n) is 5.78. The molecule has 1 aliphatic rings. The van der Waals surface area contributed by atoms with E-state index in [0.717, 1.165) is 11.8 Å². The van der Waals surface area contributed by atoms with Crippen molar-refractivity contribution in [2.45, 2.75) is 43.5 Å². The highest BCUT2D eigenvalue weighted by Crippen LogP contribution is 2.27. The second-order valence-electron chi connectivity index (χ2n) is 4.27. The van der Waals surface area contributed by atoms with Crippen LogP contribution < -0.4 is 5.32 Å². The third-order valence-corrected chi connectivity index (χ3v) is 4.41. The van der Waals surface area contributed by atoms with Crippen LogP contribution in [-0.2, 0) is 6.54 Å². The SMILES string of the molecule is CSC1CCCCC1NCc1cc[nH]c1. The Morgan fingerprint density at radius 2 is 2.33 bits per heavy atom. The van der Waals surface area contributed by atoms with Crippen LogP contribution in [0.15, 0.2) is 18.5 Å². The maximum atomic E-state index is 3.68. The number of H-pyrrole nitrogens is 1. The summed E-state index contributed by atoms with van der Waals surface area (Å²) in [6, 6.07) is 2.85. The third-order valence-electron chi connectivity index (χ3n) is 3.24. The summed E-state index contributed by atoms with van der Waals surface area (Å²) < 4.78 is 0. The van der Waals surface area contributed by atoms with Gasteiger partial charge in [-0.2, -0.15) is 11.8 Å². The molecule has 0 aliphatic heterocycles. The average molecular weight is 224 g/mol. The average Bonchev–Trinajstić information content (AvgIpc) is 2.79. The van der Waals surface area contributed by atoms with E-state index in [-0.39, 0.29) is 0 Å². The number of thioether (sulfide) groups is 1. The first-order chi connectivity index (χ1) is 7.40. The van der Waals surface area contributed by atoms with E-state index in [4.69, 9.17) is 0 Å². The zero-order chi connectivity index (χ0) is 10.5. The summed E-state index contributed by atoms with van der Waals surface area (Å²) in [6.07, 6.45) is 11.8. The molecule has 2 atom stereocenters. The van der Waals surface area contributed by atoms with Crippen LogP contribution in [0.4, 0.5) is 0 Å². The fourth-order valence-electron chi connectivity index (χ4n) is 2.33. The standard InChI is InChI=1S/C12H20N2S/c1-15-12-5-3-2-4-11(12)14-9-10-6-7-13-8-10/h6-8,11-14H,2-5,9H2,1H3. The molecular weight excluding hydrogens is 204 g/mol. The molecule has 1 heterocycles. The molecule has 2 nitrogen and oxygen atoms in total. The van der Waals surface area contributed by atoms with Crippen molar-refractivity contribution in [3.05, 3.63) is 24.0 Å². The monoisotopic (exact) mass is 224 g/mol. The molecular formula is C12H20N2S. The van der Waals surface area contributed by atoms with Crippen molar-refractivity contribution < 1.29 is 0 Å². The molecule has 0 radical (unpaired) electrons. The predicted octanol–water partition coefficient (Wildman–Crippen LogP) is 2.78. The quantitative estimate of drug-likeness (QED) is 0.823. The summed E-state index contributed by atoms with van der Waals surface area (Å²) in [5.74, 6) is 0. The zero-order valence-corrected chi connectivity index (χ0v) is 10.1. The van der Waals surface area contributed by atoms with Crippen molar-refractivity contribution in [1.29, 1.82) is 0 Å². The number of hydrogen-bond acceptors (Lipinski definition) is 2. The largest absolute Gasteiger partial charge is 0.367 e. The van der Waals surface area contributed by atoms with E-state index < -0.39 is 0 Å². The van der Waals surface area contributed by atoms with E-state index >= 15 is 0 Å². The minimum absolute atomic E-state index is 0.712. The van der Waals surface area contributed by atoms with Gasteiger partial charge in [0, 0.05) is 30.2 Å². The Hall–Kier alpha value is -0.410. The fourth-order valence-corrected chi connectivity index (χ4v) is 3.29. The molecule has 0 saturated heterocycles. The van der Waals surface area contributed by atoms with Crippen LogP contribution in [0.1, 0.15) is 31.2 Å². The summed E-state index contributed by atoms with van der Waals surface area (Å²) in [5.41, 5.74) is 1.36. The number of nitrogens with one attached hydrogen (secondary N) is 2. The molecule has 15 heavy (non-hydrogen) atoms. The van der Waals surface area contributed by atoms with Gasteiger partial charge in [0.25, 0.3) is 0 Å². The molecule has 0 amide bonds. The van der Waals surface area contributed by atoms with Crippen molar-refractivity contribution in [3.63, 3.8) is 0 Å². The minimum atomic E-state index is 0.712. The molecule has 0 aromatic carbocycles. The van der Waals surface area contributed by atoms with Gasteiger partial charge in [-0.3, -0.25) is 0 Å². The predicted molar refractivity (Wildman–Crippen MR) is 67.2 cm³/mol. The maximum Gasteiger partial charge on any atom is 0.0223 e. The normalized spacial score (nSPS) is 26.7. The molecule has 84 valence electrons. The van der Waals surface area contributed by atoms with Crippen LogP contribution in [0.25, 0.3) is 0 Å². The third kappa shape index (κ3) is 3.02. The first kappa shape index (κ1) is 11.1. The summed E-state index contributed by atoms with van der Waals surface area (Å²) in [7, 11) is 0. The highest BCUT2D eigenvalue weighted by molar-refractivity contribution is 7.99. The summed E-state index contributed by atoms with van der Waals surface area (Å²) >= 11 is 2.02.